The minimum absolute atomic E-state index is 0.352. The van der Waals surface area contributed by atoms with Crippen molar-refractivity contribution >= 4 is 10.8 Å². The molecule has 3 aromatic carbocycles. The fourth-order valence-electron chi connectivity index (χ4n) is 2.78. The van der Waals surface area contributed by atoms with E-state index in [0.717, 1.165) is 12.0 Å². The maximum Gasteiger partial charge on any atom is 0.426 e. The van der Waals surface area contributed by atoms with Crippen molar-refractivity contribution < 1.29 is 22.6 Å². The van der Waals surface area contributed by atoms with Crippen molar-refractivity contribution in [3.05, 3.63) is 83.7 Å². The Labute approximate surface area is 162 Å². The van der Waals surface area contributed by atoms with Crippen molar-refractivity contribution in [1.29, 1.82) is 0 Å². The van der Waals surface area contributed by atoms with Crippen LogP contribution in [0.1, 0.15) is 25.0 Å². The molecule has 28 heavy (non-hydrogen) atoms. The summed E-state index contributed by atoms with van der Waals surface area (Å²) in [5, 5.41) is 1.28. The van der Waals surface area contributed by atoms with Crippen LogP contribution < -0.4 is 9.47 Å². The highest BCUT2D eigenvalue weighted by Crippen LogP contribution is 2.35. The van der Waals surface area contributed by atoms with Crippen molar-refractivity contribution in [2.75, 3.05) is 6.61 Å². The summed E-state index contributed by atoms with van der Waals surface area (Å²) in [5.41, 5.74) is 0.661. The smallest absolute Gasteiger partial charge is 0.426 e. The van der Waals surface area contributed by atoms with Crippen molar-refractivity contribution in [3.63, 3.8) is 0 Å². The Bertz CT molecular complexity index is 979. The van der Waals surface area contributed by atoms with E-state index in [-0.39, 0.29) is 5.56 Å². The van der Waals surface area contributed by atoms with E-state index in [0.29, 0.717) is 23.1 Å². The lowest BCUT2D eigenvalue weighted by molar-refractivity contribution is -0.186. The Kier molecular flexibility index (Phi) is 5.93. The molecule has 0 bridgehead atoms. The number of rotatable bonds is 7. The minimum Gasteiger partial charge on any atom is -0.490 e. The maximum absolute atomic E-state index is 14.5. The molecule has 2 nitrogen and oxygen atoms in total. The van der Waals surface area contributed by atoms with Gasteiger partial charge in [-0.15, -0.1) is 0 Å². The average Bonchev–Trinajstić information content (AvgIpc) is 2.68. The van der Waals surface area contributed by atoms with E-state index in [4.69, 9.17) is 9.47 Å². The first-order valence-corrected chi connectivity index (χ1v) is 9.06. The van der Waals surface area contributed by atoms with Gasteiger partial charge >= 0.3 is 6.11 Å². The summed E-state index contributed by atoms with van der Waals surface area (Å²) in [6.45, 7) is 4.20. The number of halogens is 3. The molecule has 0 spiro atoms. The second-order valence-corrected chi connectivity index (χ2v) is 6.34. The first kappa shape index (κ1) is 19.8. The normalized spacial score (nSPS) is 11.9. The van der Waals surface area contributed by atoms with E-state index in [9.17, 15) is 13.2 Å². The van der Waals surface area contributed by atoms with E-state index < -0.39 is 17.7 Å². The van der Waals surface area contributed by atoms with Crippen molar-refractivity contribution in [2.24, 2.45) is 0 Å². The van der Waals surface area contributed by atoms with Crippen LogP contribution >= 0.6 is 0 Å². The van der Waals surface area contributed by atoms with Gasteiger partial charge in [0.1, 0.15) is 12.4 Å². The molecule has 0 heterocycles. The number of ether oxygens (including phenoxy) is 2. The quantitative estimate of drug-likeness (QED) is 0.425. The lowest BCUT2D eigenvalue weighted by atomic mass is 10.1. The molecule has 0 amide bonds. The van der Waals surface area contributed by atoms with Crippen LogP contribution in [-0.4, -0.2) is 6.61 Å². The molecule has 0 aliphatic rings. The number of hydrogen-bond acceptors (Lipinski definition) is 2. The number of alkyl halides is 2. The Balaban J connectivity index is 1.82. The minimum atomic E-state index is -3.68. The zero-order chi connectivity index (χ0) is 20.1. The van der Waals surface area contributed by atoms with Crippen LogP contribution in [0.3, 0.4) is 0 Å². The largest absolute Gasteiger partial charge is 0.490 e. The number of hydrogen-bond donors (Lipinski definition) is 0. The van der Waals surface area contributed by atoms with Gasteiger partial charge in [-0.1, -0.05) is 37.3 Å². The molecular weight excluding hydrogens is 365 g/mol. The lowest BCUT2D eigenvalue weighted by Crippen LogP contribution is -2.22. The molecule has 0 radical (unpaired) electrons. The fraction of sp³-hybridized carbons (Fsp3) is 0.217. The van der Waals surface area contributed by atoms with E-state index in [1.54, 1.807) is 12.1 Å². The maximum atomic E-state index is 14.5. The molecule has 0 aliphatic carbocycles. The summed E-state index contributed by atoms with van der Waals surface area (Å²) in [6.07, 6.45) is 0.761. The molecule has 0 aromatic heterocycles. The third-order valence-corrected chi connectivity index (χ3v) is 4.37. The first-order chi connectivity index (χ1) is 13.4. The van der Waals surface area contributed by atoms with Gasteiger partial charge in [0.05, 0.1) is 5.56 Å². The highest BCUT2D eigenvalue weighted by molar-refractivity contribution is 5.84. The molecular formula is C23H21F3O2. The predicted molar refractivity (Wildman–Crippen MR) is 105 cm³/mol. The van der Waals surface area contributed by atoms with Gasteiger partial charge in [0.25, 0.3) is 0 Å². The molecule has 0 N–H and O–H groups in total. The van der Waals surface area contributed by atoms with Crippen molar-refractivity contribution in [2.45, 2.75) is 26.4 Å². The van der Waals surface area contributed by atoms with E-state index in [1.165, 1.54) is 36.4 Å². The summed E-state index contributed by atoms with van der Waals surface area (Å²) < 4.78 is 53.6. The molecule has 3 rings (SSSR count). The van der Waals surface area contributed by atoms with Gasteiger partial charge in [0.15, 0.2) is 11.6 Å². The van der Waals surface area contributed by atoms with Crippen LogP contribution in [0.5, 0.6) is 11.5 Å². The van der Waals surface area contributed by atoms with Crippen LogP contribution in [0.4, 0.5) is 13.2 Å². The lowest BCUT2D eigenvalue weighted by Gasteiger charge is -2.19. The molecule has 3 aromatic rings. The Morgan fingerprint density at radius 3 is 2.39 bits per heavy atom. The van der Waals surface area contributed by atoms with Crippen LogP contribution in [0.2, 0.25) is 0 Å². The molecule has 0 saturated carbocycles. The van der Waals surface area contributed by atoms with Gasteiger partial charge in [0, 0.05) is 0 Å². The summed E-state index contributed by atoms with van der Waals surface area (Å²) in [6, 6.07) is 13.3. The summed E-state index contributed by atoms with van der Waals surface area (Å²) in [5.74, 6) is -0.858. The number of allylic oxidation sites excluding steroid dienone is 1. The van der Waals surface area contributed by atoms with Gasteiger partial charge in [-0.2, -0.15) is 8.78 Å². The van der Waals surface area contributed by atoms with E-state index in [1.807, 2.05) is 32.1 Å². The second kappa shape index (κ2) is 8.38. The SMILES string of the molecule is C/C=C/COc1ccc(C(F)(F)Oc2cc3ccc(CC)cc3cc2F)cc1. The average molecular weight is 386 g/mol. The number of benzene rings is 3. The topological polar surface area (TPSA) is 18.5 Å². The molecule has 5 heteroatoms. The molecule has 0 aliphatic heterocycles. The number of aryl methyl sites for hydroxylation is 1. The Morgan fingerprint density at radius 1 is 0.964 bits per heavy atom. The van der Waals surface area contributed by atoms with Crippen LogP contribution in [0, 0.1) is 5.82 Å². The monoisotopic (exact) mass is 386 g/mol. The zero-order valence-electron chi connectivity index (χ0n) is 15.7. The van der Waals surface area contributed by atoms with Gasteiger partial charge in [-0.05, 0) is 66.1 Å². The van der Waals surface area contributed by atoms with E-state index >= 15 is 0 Å². The van der Waals surface area contributed by atoms with Crippen molar-refractivity contribution in [3.8, 4) is 11.5 Å². The predicted octanol–water partition coefficient (Wildman–Crippen LogP) is 6.62. The second-order valence-electron chi connectivity index (χ2n) is 6.34. The fourth-order valence-corrected chi connectivity index (χ4v) is 2.78. The molecule has 0 unspecified atom stereocenters. The standard InChI is InChI=1S/C23H21F3O2/c1-3-5-12-27-20-10-8-19(9-11-20)23(25,26)28-22-15-17-7-6-16(4-2)13-18(17)14-21(22)24/h3,5-11,13-15H,4,12H2,1-2H3/b5-3+. The molecule has 0 atom stereocenters. The van der Waals surface area contributed by atoms with Gasteiger partial charge in [0.2, 0.25) is 0 Å². The third kappa shape index (κ3) is 4.47. The zero-order valence-corrected chi connectivity index (χ0v) is 15.7. The summed E-state index contributed by atoms with van der Waals surface area (Å²) in [4.78, 5) is 0. The third-order valence-electron chi connectivity index (χ3n) is 4.37. The van der Waals surface area contributed by atoms with Gasteiger partial charge < -0.3 is 9.47 Å². The Morgan fingerprint density at radius 2 is 1.71 bits per heavy atom. The van der Waals surface area contributed by atoms with E-state index in [2.05, 4.69) is 0 Å². The summed E-state index contributed by atoms with van der Waals surface area (Å²) in [7, 11) is 0. The van der Waals surface area contributed by atoms with Crippen LogP contribution in [0.25, 0.3) is 10.8 Å². The highest BCUT2D eigenvalue weighted by Gasteiger charge is 2.35. The molecule has 146 valence electrons. The van der Waals surface area contributed by atoms with Crippen LogP contribution in [-0.2, 0) is 12.5 Å². The first-order valence-electron chi connectivity index (χ1n) is 9.06. The summed E-state index contributed by atoms with van der Waals surface area (Å²) >= 11 is 0. The van der Waals surface area contributed by atoms with Crippen LogP contribution in [0.15, 0.2) is 66.7 Å². The molecule has 0 fully saturated rings. The van der Waals surface area contributed by atoms with Gasteiger partial charge in [-0.3, -0.25) is 0 Å². The highest BCUT2D eigenvalue weighted by atomic mass is 19.3. The van der Waals surface area contributed by atoms with Crippen molar-refractivity contribution in [1.82, 2.24) is 0 Å². The van der Waals surface area contributed by atoms with Gasteiger partial charge in [-0.25, -0.2) is 4.39 Å². The Hall–Kier alpha value is -2.95. The number of fused-ring (bicyclic) bond motifs is 1. The molecule has 0 saturated heterocycles.